The molecule has 1 heterocycles. The Kier molecular flexibility index (Phi) is 5.52. The van der Waals surface area contributed by atoms with E-state index in [2.05, 4.69) is 31.9 Å². The Morgan fingerprint density at radius 2 is 2.03 bits per heavy atom. The first kappa shape index (κ1) is 22.1. The molecular weight excluding hydrogens is 398 g/mol. The smallest absolute Gasteiger partial charge is 0.157 e. The van der Waals surface area contributed by atoms with Crippen molar-refractivity contribution in [1.29, 1.82) is 5.26 Å². The van der Waals surface area contributed by atoms with Crippen molar-refractivity contribution in [2.45, 2.75) is 84.8 Å². The van der Waals surface area contributed by atoms with E-state index in [0.29, 0.717) is 16.9 Å². The summed E-state index contributed by atoms with van der Waals surface area (Å²) >= 11 is 0. The summed E-state index contributed by atoms with van der Waals surface area (Å²) < 4.78 is 7.88. The lowest BCUT2D eigenvalue weighted by atomic mass is 9.43. The fraction of sp³-hybridized carbons (Fsp3) is 0.815. The number of hydrogen-bond donors (Lipinski definition) is 0. The van der Waals surface area contributed by atoms with Crippen LogP contribution in [-0.4, -0.2) is 28.8 Å². The van der Waals surface area contributed by atoms with Crippen LogP contribution in [-0.2, 0) is 16.1 Å². The molecule has 9 unspecified atom stereocenters. The van der Waals surface area contributed by atoms with Gasteiger partial charge in [0.05, 0.1) is 24.4 Å². The zero-order valence-electron chi connectivity index (χ0n) is 20.2. The number of carbonyl (C=O) groups excluding carboxylic acids is 1. The topological polar surface area (TPSA) is 67.9 Å². The lowest BCUT2D eigenvalue weighted by Gasteiger charge is -2.62. The lowest BCUT2D eigenvalue weighted by molar-refractivity contribution is -0.178. The fourth-order valence-corrected chi connectivity index (χ4v) is 9.06. The van der Waals surface area contributed by atoms with Crippen molar-refractivity contribution in [3.63, 3.8) is 0 Å². The Labute approximate surface area is 192 Å². The van der Waals surface area contributed by atoms with Crippen LogP contribution in [0.3, 0.4) is 0 Å². The van der Waals surface area contributed by atoms with E-state index in [9.17, 15) is 4.79 Å². The molecule has 5 nitrogen and oxygen atoms in total. The van der Waals surface area contributed by atoms with E-state index in [1.165, 1.54) is 32.1 Å². The van der Waals surface area contributed by atoms with Crippen LogP contribution in [0.2, 0.25) is 0 Å². The number of ether oxygens (including phenoxy) is 1. The Morgan fingerprint density at radius 1 is 1.22 bits per heavy atom. The van der Waals surface area contributed by atoms with Gasteiger partial charge in [-0.2, -0.15) is 10.4 Å². The molecule has 9 atom stereocenters. The first-order valence-electron chi connectivity index (χ1n) is 12.8. The zero-order chi connectivity index (χ0) is 22.7. The fourth-order valence-electron chi connectivity index (χ4n) is 9.06. The SMILES string of the molecule is COC1CC2C(CCC3CC(C)CCC32C)C2CCC(C(=O)Cn3cc(C#N)cn3)C12C. The largest absolute Gasteiger partial charge is 0.381 e. The molecule has 1 aromatic rings. The summed E-state index contributed by atoms with van der Waals surface area (Å²) in [6, 6.07) is 2.10. The second-order valence-corrected chi connectivity index (χ2v) is 12.0. The molecule has 0 aromatic carbocycles. The number of aromatic nitrogens is 2. The van der Waals surface area contributed by atoms with Gasteiger partial charge < -0.3 is 4.74 Å². The van der Waals surface area contributed by atoms with Crippen LogP contribution in [0.5, 0.6) is 0 Å². The van der Waals surface area contributed by atoms with Crippen molar-refractivity contribution >= 4 is 5.78 Å². The zero-order valence-corrected chi connectivity index (χ0v) is 20.2. The maximum atomic E-state index is 13.5. The lowest BCUT2D eigenvalue weighted by Crippen LogP contribution is -2.59. The second-order valence-electron chi connectivity index (χ2n) is 12.0. The van der Waals surface area contributed by atoms with Gasteiger partial charge in [0.1, 0.15) is 6.07 Å². The molecule has 0 aliphatic heterocycles. The number of Topliss-reactive ketones (excluding diaryl/α,β-unsaturated/α-hetero) is 1. The monoisotopic (exact) mass is 437 g/mol. The van der Waals surface area contributed by atoms with E-state index >= 15 is 0 Å². The van der Waals surface area contributed by atoms with E-state index < -0.39 is 0 Å². The quantitative estimate of drug-likeness (QED) is 0.646. The second kappa shape index (κ2) is 7.97. The molecule has 5 heteroatoms. The van der Waals surface area contributed by atoms with Gasteiger partial charge >= 0.3 is 0 Å². The first-order valence-corrected chi connectivity index (χ1v) is 12.8. The van der Waals surface area contributed by atoms with Crippen molar-refractivity contribution < 1.29 is 9.53 Å². The van der Waals surface area contributed by atoms with Crippen LogP contribution >= 0.6 is 0 Å². The highest BCUT2D eigenvalue weighted by Crippen LogP contribution is 2.68. The van der Waals surface area contributed by atoms with Gasteiger partial charge in [0.15, 0.2) is 5.78 Å². The molecule has 5 rings (SSSR count). The number of rotatable bonds is 4. The van der Waals surface area contributed by atoms with Gasteiger partial charge in [-0.15, -0.1) is 0 Å². The first-order chi connectivity index (χ1) is 15.3. The van der Waals surface area contributed by atoms with Gasteiger partial charge in [-0.3, -0.25) is 9.48 Å². The molecule has 0 N–H and O–H groups in total. The number of hydrogen-bond acceptors (Lipinski definition) is 4. The average molecular weight is 438 g/mol. The molecule has 32 heavy (non-hydrogen) atoms. The van der Waals surface area contributed by atoms with E-state index in [0.717, 1.165) is 42.9 Å². The van der Waals surface area contributed by atoms with Gasteiger partial charge in [-0.05, 0) is 80.0 Å². The van der Waals surface area contributed by atoms with E-state index in [4.69, 9.17) is 10.00 Å². The minimum Gasteiger partial charge on any atom is -0.381 e. The Balaban J connectivity index is 1.41. The third-order valence-corrected chi connectivity index (χ3v) is 10.8. The van der Waals surface area contributed by atoms with Crippen molar-refractivity contribution in [2.24, 2.45) is 46.3 Å². The van der Waals surface area contributed by atoms with E-state index in [-0.39, 0.29) is 29.8 Å². The number of methoxy groups -OCH3 is 1. The van der Waals surface area contributed by atoms with Gasteiger partial charge in [0.25, 0.3) is 0 Å². The summed E-state index contributed by atoms with van der Waals surface area (Å²) in [5.41, 5.74) is 0.859. The number of fused-ring (bicyclic) bond motifs is 5. The van der Waals surface area contributed by atoms with Crippen LogP contribution in [0.4, 0.5) is 0 Å². The highest BCUT2D eigenvalue weighted by atomic mass is 16.5. The number of carbonyl (C=O) groups is 1. The van der Waals surface area contributed by atoms with Crippen molar-refractivity contribution in [2.75, 3.05) is 7.11 Å². The van der Waals surface area contributed by atoms with Gasteiger partial charge in [0, 0.05) is 24.6 Å². The predicted molar refractivity (Wildman–Crippen MR) is 123 cm³/mol. The Morgan fingerprint density at radius 3 is 2.75 bits per heavy atom. The minimum atomic E-state index is -0.0939. The summed E-state index contributed by atoms with van der Waals surface area (Å²) in [7, 11) is 1.87. The molecule has 0 bridgehead atoms. The molecule has 0 radical (unpaired) electrons. The molecule has 4 aliphatic carbocycles. The van der Waals surface area contributed by atoms with Crippen LogP contribution in [0, 0.1) is 57.7 Å². The highest BCUT2D eigenvalue weighted by molar-refractivity contribution is 5.82. The summed E-state index contributed by atoms with van der Waals surface area (Å²) in [4.78, 5) is 13.5. The molecule has 0 amide bonds. The molecule has 4 aliphatic rings. The van der Waals surface area contributed by atoms with Crippen LogP contribution in [0.25, 0.3) is 0 Å². The average Bonchev–Trinajstić information content (AvgIpc) is 3.37. The molecule has 0 spiro atoms. The van der Waals surface area contributed by atoms with E-state index in [1.54, 1.807) is 17.1 Å². The Hall–Kier alpha value is -1.67. The highest BCUT2D eigenvalue weighted by Gasteiger charge is 2.64. The molecule has 1 aromatic heterocycles. The van der Waals surface area contributed by atoms with Gasteiger partial charge in [-0.1, -0.05) is 27.2 Å². The van der Waals surface area contributed by atoms with Gasteiger partial charge in [0.2, 0.25) is 0 Å². The molecule has 174 valence electrons. The number of nitriles is 1. The number of ketones is 1. The normalized spacial score (nSPS) is 45.4. The molecule has 0 saturated heterocycles. The third-order valence-electron chi connectivity index (χ3n) is 10.8. The summed E-state index contributed by atoms with van der Waals surface area (Å²) in [5.74, 6) is 4.05. The standard InChI is InChI=1S/C27H39N3O2/c1-17-9-10-26(2)19(11-17)5-6-20-21-7-8-22(27(21,3)25(32-4)12-23(20)26)24(31)16-30-15-18(13-28)14-29-30/h14-15,17,19-23,25H,5-12,16H2,1-4H3. The molecular formula is C27H39N3O2. The third kappa shape index (κ3) is 3.20. The van der Waals surface area contributed by atoms with Crippen LogP contribution in [0.1, 0.15) is 77.7 Å². The predicted octanol–water partition coefficient (Wildman–Crippen LogP) is 5.24. The van der Waals surface area contributed by atoms with Gasteiger partial charge in [-0.25, -0.2) is 0 Å². The van der Waals surface area contributed by atoms with Crippen molar-refractivity contribution in [3.05, 3.63) is 18.0 Å². The van der Waals surface area contributed by atoms with Crippen molar-refractivity contribution in [3.8, 4) is 6.07 Å². The van der Waals surface area contributed by atoms with Crippen LogP contribution in [0.15, 0.2) is 12.4 Å². The summed E-state index contributed by atoms with van der Waals surface area (Å²) in [6.07, 6.45) is 13.4. The number of nitrogens with zero attached hydrogens (tertiary/aromatic N) is 3. The van der Waals surface area contributed by atoms with E-state index in [1.807, 2.05) is 7.11 Å². The molecule has 4 fully saturated rings. The Bertz CT molecular complexity index is 918. The maximum absolute atomic E-state index is 13.5. The maximum Gasteiger partial charge on any atom is 0.157 e. The summed E-state index contributed by atoms with van der Waals surface area (Å²) in [5, 5.41) is 13.3. The van der Waals surface area contributed by atoms with Crippen LogP contribution < -0.4 is 0 Å². The summed E-state index contributed by atoms with van der Waals surface area (Å²) in [6.45, 7) is 7.65. The molecule has 4 saturated carbocycles. The minimum absolute atomic E-state index is 0.0186. The van der Waals surface area contributed by atoms with Crippen molar-refractivity contribution in [1.82, 2.24) is 9.78 Å².